The molecule has 1 aliphatic heterocycles. The Bertz CT molecular complexity index is 791. The molecule has 136 valence electrons. The minimum absolute atomic E-state index is 0.149. The number of carbonyl (C=O) groups excluding carboxylic acids is 3. The molecule has 6 nitrogen and oxygen atoms in total. The molecule has 1 aliphatic rings. The highest BCUT2D eigenvalue weighted by molar-refractivity contribution is 5.98. The number of amides is 1. The van der Waals surface area contributed by atoms with Gasteiger partial charge in [0.1, 0.15) is 5.69 Å². The highest BCUT2D eigenvalue weighted by Crippen LogP contribution is 2.24. The van der Waals surface area contributed by atoms with Crippen molar-refractivity contribution in [3.63, 3.8) is 0 Å². The van der Waals surface area contributed by atoms with E-state index in [0.29, 0.717) is 24.2 Å². The number of ketones is 1. The number of likely N-dealkylation sites (tertiary alicyclic amines) is 1. The average molecular weight is 354 g/mol. The fraction of sp³-hybridized carbons (Fsp3) is 0.350. The molecule has 3 rings (SSSR count). The summed E-state index contributed by atoms with van der Waals surface area (Å²) in [6.07, 6.45) is 3.49. The van der Waals surface area contributed by atoms with E-state index in [2.05, 4.69) is 4.98 Å². The predicted octanol–water partition coefficient (Wildman–Crippen LogP) is 3.13. The van der Waals surface area contributed by atoms with Gasteiger partial charge in [-0.1, -0.05) is 30.3 Å². The van der Waals surface area contributed by atoms with E-state index in [0.717, 1.165) is 19.3 Å². The number of aromatic amines is 1. The van der Waals surface area contributed by atoms with Crippen molar-refractivity contribution < 1.29 is 19.1 Å². The van der Waals surface area contributed by atoms with E-state index in [9.17, 15) is 14.4 Å². The molecule has 6 heteroatoms. The molecule has 0 spiro atoms. The highest BCUT2D eigenvalue weighted by Gasteiger charge is 2.31. The lowest BCUT2D eigenvalue weighted by atomic mass is 10.1. The summed E-state index contributed by atoms with van der Waals surface area (Å²) >= 11 is 0. The maximum atomic E-state index is 13.0. The molecule has 0 radical (unpaired) electrons. The van der Waals surface area contributed by atoms with Gasteiger partial charge in [-0.05, 0) is 32.3 Å². The molecule has 1 aromatic carbocycles. The maximum absolute atomic E-state index is 13.0. The van der Waals surface area contributed by atoms with E-state index >= 15 is 0 Å². The van der Waals surface area contributed by atoms with Gasteiger partial charge in [0.25, 0.3) is 5.91 Å². The summed E-state index contributed by atoms with van der Waals surface area (Å²) in [5.41, 5.74) is 1.19. The molecular weight excluding hydrogens is 332 g/mol. The smallest absolute Gasteiger partial charge is 0.355 e. The van der Waals surface area contributed by atoms with Crippen molar-refractivity contribution in [2.75, 3.05) is 13.1 Å². The number of nitrogens with zero attached hydrogens (tertiary/aromatic N) is 1. The molecule has 0 saturated carbocycles. The van der Waals surface area contributed by atoms with E-state index in [1.54, 1.807) is 17.0 Å². The number of rotatable bonds is 5. The van der Waals surface area contributed by atoms with Crippen LogP contribution >= 0.6 is 0 Å². The number of hydrogen-bond acceptors (Lipinski definition) is 4. The van der Waals surface area contributed by atoms with Crippen LogP contribution in [0, 0.1) is 0 Å². The minimum Gasteiger partial charge on any atom is -0.443 e. The van der Waals surface area contributed by atoms with Crippen molar-refractivity contribution in [1.82, 2.24) is 9.88 Å². The molecule has 2 heterocycles. The van der Waals surface area contributed by atoms with Gasteiger partial charge in [-0.15, -0.1) is 0 Å². The zero-order valence-electron chi connectivity index (χ0n) is 14.7. The summed E-state index contributed by atoms with van der Waals surface area (Å²) in [6.45, 7) is 2.78. The van der Waals surface area contributed by atoms with Crippen LogP contribution in [-0.4, -0.2) is 40.6 Å². The van der Waals surface area contributed by atoms with Gasteiger partial charge in [-0.2, -0.15) is 0 Å². The lowest BCUT2D eigenvalue weighted by molar-refractivity contribution is -0.142. The Kier molecular flexibility index (Phi) is 5.51. The van der Waals surface area contributed by atoms with Crippen LogP contribution in [0.1, 0.15) is 58.7 Å². The van der Waals surface area contributed by atoms with Crippen molar-refractivity contribution >= 4 is 17.7 Å². The number of hydrogen-bond donors (Lipinski definition) is 1. The van der Waals surface area contributed by atoms with Crippen LogP contribution in [0.15, 0.2) is 42.6 Å². The van der Waals surface area contributed by atoms with Crippen LogP contribution in [0.25, 0.3) is 0 Å². The SMILES string of the molecule is CC(=O)c1c[nH]c(C(=O)O[C@@H](C(=O)N2CCCCC2)c2ccccc2)c1. The number of Topliss-reactive ketones (excluding diaryl/α,β-unsaturated/α-hetero) is 1. The number of piperidine rings is 1. The number of H-pyrrole nitrogens is 1. The van der Waals surface area contributed by atoms with Crippen molar-refractivity contribution in [2.45, 2.75) is 32.3 Å². The summed E-state index contributed by atoms with van der Waals surface area (Å²) in [5.74, 6) is -1.01. The summed E-state index contributed by atoms with van der Waals surface area (Å²) in [6, 6.07) is 10.4. The first kappa shape index (κ1) is 17.9. The van der Waals surface area contributed by atoms with Crippen LogP contribution < -0.4 is 0 Å². The molecule has 1 fully saturated rings. The first-order valence-corrected chi connectivity index (χ1v) is 8.80. The molecule has 1 saturated heterocycles. The minimum atomic E-state index is -0.995. The Morgan fingerprint density at radius 3 is 2.38 bits per heavy atom. The second-order valence-corrected chi connectivity index (χ2v) is 6.44. The van der Waals surface area contributed by atoms with E-state index < -0.39 is 12.1 Å². The van der Waals surface area contributed by atoms with Gasteiger partial charge in [0, 0.05) is 30.4 Å². The monoisotopic (exact) mass is 354 g/mol. The fourth-order valence-electron chi connectivity index (χ4n) is 3.05. The molecule has 0 bridgehead atoms. The summed E-state index contributed by atoms with van der Waals surface area (Å²) in [5, 5.41) is 0. The lowest BCUT2D eigenvalue weighted by Crippen LogP contribution is -2.40. The van der Waals surface area contributed by atoms with Crippen LogP contribution in [0.4, 0.5) is 0 Å². The van der Waals surface area contributed by atoms with Gasteiger partial charge in [-0.3, -0.25) is 9.59 Å². The third kappa shape index (κ3) is 4.02. The number of ether oxygens (including phenoxy) is 1. The number of benzene rings is 1. The Labute approximate surface area is 152 Å². The zero-order valence-corrected chi connectivity index (χ0v) is 14.7. The quantitative estimate of drug-likeness (QED) is 0.661. The molecule has 1 aromatic heterocycles. The van der Waals surface area contributed by atoms with Gasteiger partial charge >= 0.3 is 5.97 Å². The third-order valence-electron chi connectivity index (χ3n) is 4.53. The number of carbonyl (C=O) groups is 3. The molecule has 2 aromatic rings. The first-order chi connectivity index (χ1) is 12.6. The molecule has 1 N–H and O–H groups in total. The van der Waals surface area contributed by atoms with Crippen molar-refractivity contribution in [1.29, 1.82) is 0 Å². The maximum Gasteiger partial charge on any atom is 0.355 e. The first-order valence-electron chi connectivity index (χ1n) is 8.80. The van der Waals surface area contributed by atoms with Crippen LogP contribution in [0.2, 0.25) is 0 Å². The van der Waals surface area contributed by atoms with Crippen molar-refractivity contribution in [3.8, 4) is 0 Å². The fourth-order valence-corrected chi connectivity index (χ4v) is 3.05. The van der Waals surface area contributed by atoms with Gasteiger partial charge in [0.15, 0.2) is 5.78 Å². The van der Waals surface area contributed by atoms with Crippen LogP contribution in [0.3, 0.4) is 0 Å². The largest absolute Gasteiger partial charge is 0.443 e. The Hall–Kier alpha value is -2.89. The summed E-state index contributed by atoms with van der Waals surface area (Å²) in [7, 11) is 0. The summed E-state index contributed by atoms with van der Waals surface area (Å²) in [4.78, 5) is 41.4. The third-order valence-corrected chi connectivity index (χ3v) is 4.53. The predicted molar refractivity (Wildman–Crippen MR) is 95.8 cm³/mol. The molecular formula is C20H22N2O4. The molecule has 1 atom stereocenters. The second kappa shape index (κ2) is 7.99. The zero-order chi connectivity index (χ0) is 18.5. The molecule has 26 heavy (non-hydrogen) atoms. The van der Waals surface area contributed by atoms with E-state index in [-0.39, 0.29) is 17.4 Å². The average Bonchev–Trinajstić information content (AvgIpc) is 3.17. The summed E-state index contributed by atoms with van der Waals surface area (Å²) < 4.78 is 5.56. The van der Waals surface area contributed by atoms with Crippen LogP contribution in [-0.2, 0) is 9.53 Å². The Balaban J connectivity index is 1.82. The topological polar surface area (TPSA) is 79.5 Å². The van der Waals surface area contributed by atoms with Gasteiger partial charge in [-0.25, -0.2) is 4.79 Å². The highest BCUT2D eigenvalue weighted by atomic mass is 16.5. The second-order valence-electron chi connectivity index (χ2n) is 6.44. The molecule has 0 aliphatic carbocycles. The molecule has 0 unspecified atom stereocenters. The lowest BCUT2D eigenvalue weighted by Gasteiger charge is -2.30. The Morgan fingerprint density at radius 1 is 1.08 bits per heavy atom. The number of nitrogens with one attached hydrogen (secondary N) is 1. The van der Waals surface area contributed by atoms with Gasteiger partial charge < -0.3 is 14.6 Å². The molecule has 1 amide bonds. The van der Waals surface area contributed by atoms with Crippen LogP contribution in [0.5, 0.6) is 0 Å². The van der Waals surface area contributed by atoms with E-state index in [1.807, 2.05) is 18.2 Å². The van der Waals surface area contributed by atoms with E-state index in [1.165, 1.54) is 19.2 Å². The van der Waals surface area contributed by atoms with Crippen molar-refractivity contribution in [3.05, 3.63) is 59.4 Å². The number of esters is 1. The Morgan fingerprint density at radius 2 is 1.77 bits per heavy atom. The normalized spacial score (nSPS) is 15.3. The van der Waals surface area contributed by atoms with Gasteiger partial charge in [0.2, 0.25) is 6.10 Å². The van der Waals surface area contributed by atoms with E-state index in [4.69, 9.17) is 4.74 Å². The van der Waals surface area contributed by atoms with Crippen molar-refractivity contribution in [2.24, 2.45) is 0 Å². The number of aromatic nitrogens is 1. The van der Waals surface area contributed by atoms with Gasteiger partial charge in [0.05, 0.1) is 0 Å². The standard InChI is InChI=1S/C20H22N2O4/c1-14(23)16-12-17(21-13-16)20(25)26-18(15-8-4-2-5-9-15)19(24)22-10-6-3-7-11-22/h2,4-5,8-9,12-13,18,21H,3,6-7,10-11H2,1H3/t18-/m1/s1.